The number of carbonyl (C=O) groups is 3. The molecule has 2 aliphatic carbocycles. The standard InChI is InChI=1S/C34H47N5O4/c1-2-38(34(43)36-27-12-7-4-8-13-27)23-31(40)30(18-24-10-5-3-6-11-24)37-33(42)26-19-28(35-22-25-15-16-25)21-29(20-26)39-17-9-14-32(39)41/h3,5-6,10-11,19-21,25,27,30-31,35,40H,2,4,7-9,12-18,22-23H2,1H3,(H,36,43)(H,37,42)/t30-,31-/m0/s1. The zero-order valence-electron chi connectivity index (χ0n) is 25.4. The van der Waals surface area contributed by atoms with E-state index in [4.69, 9.17) is 0 Å². The molecule has 232 valence electrons. The third kappa shape index (κ3) is 8.72. The van der Waals surface area contributed by atoms with Gasteiger partial charge >= 0.3 is 6.03 Å². The average Bonchev–Trinajstić information content (AvgIpc) is 3.76. The molecule has 0 bridgehead atoms. The molecule has 0 spiro atoms. The smallest absolute Gasteiger partial charge is 0.317 e. The van der Waals surface area contributed by atoms with E-state index >= 15 is 0 Å². The minimum absolute atomic E-state index is 0.0641. The first-order valence-electron chi connectivity index (χ1n) is 16.2. The maximum absolute atomic E-state index is 13.8. The second-order valence-corrected chi connectivity index (χ2v) is 12.4. The highest BCUT2D eigenvalue weighted by molar-refractivity contribution is 6.00. The Balaban J connectivity index is 1.32. The van der Waals surface area contributed by atoms with Gasteiger partial charge in [0.2, 0.25) is 5.91 Å². The lowest BCUT2D eigenvalue weighted by atomic mass is 9.96. The van der Waals surface area contributed by atoms with Gasteiger partial charge < -0.3 is 30.9 Å². The molecule has 43 heavy (non-hydrogen) atoms. The number of carbonyl (C=O) groups excluding carboxylic acids is 3. The highest BCUT2D eigenvalue weighted by Gasteiger charge is 2.29. The van der Waals surface area contributed by atoms with Crippen molar-refractivity contribution in [1.29, 1.82) is 0 Å². The van der Waals surface area contributed by atoms with Crippen molar-refractivity contribution < 1.29 is 19.5 Å². The van der Waals surface area contributed by atoms with E-state index < -0.39 is 12.1 Å². The van der Waals surface area contributed by atoms with Crippen LogP contribution in [0.2, 0.25) is 0 Å². The van der Waals surface area contributed by atoms with Crippen molar-refractivity contribution in [1.82, 2.24) is 15.5 Å². The summed E-state index contributed by atoms with van der Waals surface area (Å²) < 4.78 is 0. The lowest BCUT2D eigenvalue weighted by Crippen LogP contribution is -2.53. The summed E-state index contributed by atoms with van der Waals surface area (Å²) in [5.41, 5.74) is 2.93. The molecule has 0 radical (unpaired) electrons. The molecule has 2 atom stereocenters. The van der Waals surface area contributed by atoms with E-state index in [1.54, 1.807) is 15.9 Å². The molecular formula is C34H47N5O4. The maximum Gasteiger partial charge on any atom is 0.317 e. The van der Waals surface area contributed by atoms with Gasteiger partial charge in [-0.2, -0.15) is 0 Å². The summed E-state index contributed by atoms with van der Waals surface area (Å²) in [5.74, 6) is 0.392. The van der Waals surface area contributed by atoms with Gasteiger partial charge in [-0.05, 0) is 75.1 Å². The average molecular weight is 590 g/mol. The van der Waals surface area contributed by atoms with Crippen LogP contribution in [0.1, 0.15) is 80.6 Å². The van der Waals surface area contributed by atoms with Crippen LogP contribution in [0.4, 0.5) is 16.2 Å². The van der Waals surface area contributed by atoms with Gasteiger partial charge in [0.25, 0.3) is 5.91 Å². The van der Waals surface area contributed by atoms with Crippen LogP contribution in [0.3, 0.4) is 0 Å². The van der Waals surface area contributed by atoms with Crippen molar-refractivity contribution in [2.75, 3.05) is 36.4 Å². The van der Waals surface area contributed by atoms with Crippen LogP contribution in [0.15, 0.2) is 48.5 Å². The molecule has 2 saturated carbocycles. The van der Waals surface area contributed by atoms with E-state index in [0.29, 0.717) is 43.1 Å². The van der Waals surface area contributed by atoms with E-state index in [1.165, 1.54) is 19.3 Å². The quantitative estimate of drug-likeness (QED) is 0.271. The first-order chi connectivity index (χ1) is 20.9. The predicted molar refractivity (Wildman–Crippen MR) is 169 cm³/mol. The summed E-state index contributed by atoms with van der Waals surface area (Å²) >= 11 is 0. The van der Waals surface area contributed by atoms with Gasteiger partial charge in [0.15, 0.2) is 0 Å². The van der Waals surface area contributed by atoms with Gasteiger partial charge in [-0.3, -0.25) is 9.59 Å². The van der Waals surface area contributed by atoms with Crippen molar-refractivity contribution in [2.45, 2.75) is 89.3 Å². The number of likely N-dealkylation sites (N-methyl/N-ethyl adjacent to an activating group) is 1. The Morgan fingerprint density at radius 2 is 1.79 bits per heavy atom. The number of nitrogens with zero attached hydrogens (tertiary/aromatic N) is 2. The first-order valence-corrected chi connectivity index (χ1v) is 16.2. The summed E-state index contributed by atoms with van der Waals surface area (Å²) in [6, 6.07) is 14.6. The molecule has 9 heteroatoms. The fourth-order valence-corrected chi connectivity index (χ4v) is 6.13. The predicted octanol–water partition coefficient (Wildman–Crippen LogP) is 4.70. The zero-order chi connectivity index (χ0) is 30.2. The molecule has 0 unspecified atom stereocenters. The largest absolute Gasteiger partial charge is 0.389 e. The number of hydrogen-bond donors (Lipinski definition) is 4. The summed E-state index contributed by atoms with van der Waals surface area (Å²) in [6.07, 6.45) is 8.56. The van der Waals surface area contributed by atoms with Gasteiger partial charge in [-0.25, -0.2) is 4.79 Å². The molecule has 3 aliphatic rings. The third-order valence-corrected chi connectivity index (χ3v) is 8.95. The SMILES string of the molecule is CCN(C[C@H](O)[C@H](Cc1ccccc1)NC(=O)c1cc(NCC2CC2)cc(N2CCCC2=O)c1)C(=O)NC1CCCCC1. The topological polar surface area (TPSA) is 114 Å². The molecule has 4 N–H and O–H groups in total. The van der Waals surface area contributed by atoms with E-state index in [0.717, 1.165) is 49.9 Å². The highest BCUT2D eigenvalue weighted by Crippen LogP contribution is 2.31. The van der Waals surface area contributed by atoms with Crippen molar-refractivity contribution >= 4 is 29.2 Å². The Morgan fingerprint density at radius 3 is 2.47 bits per heavy atom. The molecule has 2 aromatic rings. The molecule has 2 aromatic carbocycles. The highest BCUT2D eigenvalue weighted by atomic mass is 16.3. The fourth-order valence-electron chi connectivity index (χ4n) is 6.13. The van der Waals surface area contributed by atoms with Gasteiger partial charge in [0.05, 0.1) is 18.7 Å². The van der Waals surface area contributed by atoms with Crippen LogP contribution in [-0.4, -0.2) is 72.2 Å². The molecule has 5 rings (SSSR count). The molecule has 9 nitrogen and oxygen atoms in total. The molecule has 3 fully saturated rings. The number of aliphatic hydroxyl groups excluding tert-OH is 1. The van der Waals surface area contributed by atoms with Crippen LogP contribution < -0.4 is 20.9 Å². The molecule has 0 aromatic heterocycles. The van der Waals surface area contributed by atoms with Crippen LogP contribution >= 0.6 is 0 Å². The monoisotopic (exact) mass is 589 g/mol. The zero-order valence-corrected chi connectivity index (χ0v) is 25.4. The number of hydrogen-bond acceptors (Lipinski definition) is 5. The second kappa shape index (κ2) is 14.7. The Kier molecular flexibility index (Phi) is 10.6. The molecule has 1 aliphatic heterocycles. The van der Waals surface area contributed by atoms with Crippen LogP contribution in [0, 0.1) is 5.92 Å². The maximum atomic E-state index is 13.8. The lowest BCUT2D eigenvalue weighted by Gasteiger charge is -2.32. The van der Waals surface area contributed by atoms with Crippen molar-refractivity contribution in [3.05, 3.63) is 59.7 Å². The molecule has 1 heterocycles. The lowest BCUT2D eigenvalue weighted by molar-refractivity contribution is -0.117. The fraction of sp³-hybridized carbons (Fsp3) is 0.559. The van der Waals surface area contributed by atoms with E-state index in [-0.39, 0.29) is 30.4 Å². The molecular weight excluding hydrogens is 542 g/mol. The minimum atomic E-state index is -0.989. The van der Waals surface area contributed by atoms with Gasteiger partial charge in [-0.15, -0.1) is 0 Å². The van der Waals surface area contributed by atoms with Crippen LogP contribution in [-0.2, 0) is 11.2 Å². The Bertz CT molecular complexity index is 1240. The third-order valence-electron chi connectivity index (χ3n) is 8.95. The number of amides is 4. The first kappa shape index (κ1) is 30.9. The second-order valence-electron chi connectivity index (χ2n) is 12.4. The number of urea groups is 1. The van der Waals surface area contributed by atoms with E-state index in [1.807, 2.05) is 49.4 Å². The Morgan fingerprint density at radius 1 is 1.02 bits per heavy atom. The Labute approximate surface area is 255 Å². The summed E-state index contributed by atoms with van der Waals surface area (Å²) in [5, 5.41) is 21.2. The van der Waals surface area contributed by atoms with Gasteiger partial charge in [0.1, 0.15) is 0 Å². The van der Waals surface area contributed by atoms with Crippen molar-refractivity contribution in [3.8, 4) is 0 Å². The van der Waals surface area contributed by atoms with E-state index in [2.05, 4.69) is 16.0 Å². The molecule has 4 amide bonds. The van der Waals surface area contributed by atoms with Crippen LogP contribution in [0.5, 0.6) is 0 Å². The summed E-state index contributed by atoms with van der Waals surface area (Å²) in [6.45, 7) is 3.92. The number of aliphatic hydroxyl groups is 1. The van der Waals surface area contributed by atoms with Crippen molar-refractivity contribution in [2.24, 2.45) is 5.92 Å². The van der Waals surface area contributed by atoms with Crippen molar-refractivity contribution in [3.63, 3.8) is 0 Å². The normalized spacial score (nSPS) is 18.7. The minimum Gasteiger partial charge on any atom is -0.389 e. The Hall–Kier alpha value is -3.59. The summed E-state index contributed by atoms with van der Waals surface area (Å²) in [7, 11) is 0. The van der Waals surface area contributed by atoms with Gasteiger partial charge in [0, 0.05) is 49.0 Å². The number of benzene rings is 2. The van der Waals surface area contributed by atoms with E-state index in [9.17, 15) is 19.5 Å². The van der Waals surface area contributed by atoms with Gasteiger partial charge in [-0.1, -0.05) is 49.6 Å². The molecule has 1 saturated heterocycles. The summed E-state index contributed by atoms with van der Waals surface area (Å²) in [4.78, 5) is 42.9. The van der Waals surface area contributed by atoms with Crippen LogP contribution in [0.25, 0.3) is 0 Å². The number of anilines is 2. The number of rotatable bonds is 13. The number of nitrogens with one attached hydrogen (secondary N) is 3.